The summed E-state index contributed by atoms with van der Waals surface area (Å²) in [5, 5.41) is 2.65. The van der Waals surface area contributed by atoms with E-state index in [1.165, 1.54) is 17.3 Å². The maximum atomic E-state index is 13.2. The average Bonchev–Trinajstić information content (AvgIpc) is 2.74. The van der Waals surface area contributed by atoms with Gasteiger partial charge in [0.1, 0.15) is 5.57 Å². The number of rotatable bonds is 4. The molecule has 2 aliphatic heterocycles. The second kappa shape index (κ2) is 8.67. The molecule has 4 rings (SSSR count). The summed E-state index contributed by atoms with van der Waals surface area (Å²) in [6, 6.07) is 11.7. The molecule has 4 amide bonds. The molecule has 6 nitrogen and oxygen atoms in total. The van der Waals surface area contributed by atoms with Gasteiger partial charge >= 0.3 is 6.03 Å². The quantitative estimate of drug-likeness (QED) is 0.477. The highest BCUT2D eigenvalue weighted by atomic mass is 35.5. The highest BCUT2D eigenvalue weighted by Crippen LogP contribution is 2.43. The third kappa shape index (κ3) is 4.27. The van der Waals surface area contributed by atoms with Crippen LogP contribution in [-0.4, -0.2) is 29.9 Å². The van der Waals surface area contributed by atoms with Crippen LogP contribution in [0.3, 0.4) is 0 Å². The molecule has 0 aromatic heterocycles. The lowest BCUT2D eigenvalue weighted by atomic mass is 9.79. The Morgan fingerprint density at radius 2 is 1.91 bits per heavy atom. The molecule has 0 bridgehead atoms. The number of amides is 4. The number of nitrogens with zero attached hydrogens (tertiary/aromatic N) is 2. The van der Waals surface area contributed by atoms with Gasteiger partial charge in [0.25, 0.3) is 11.8 Å². The largest absolute Gasteiger partial charge is 0.366 e. The van der Waals surface area contributed by atoms with Crippen molar-refractivity contribution in [2.75, 3.05) is 16.3 Å². The van der Waals surface area contributed by atoms with Crippen molar-refractivity contribution in [3.8, 4) is 0 Å². The van der Waals surface area contributed by atoms with Gasteiger partial charge in [-0.05, 0) is 80.1 Å². The predicted molar refractivity (Wildman–Crippen MR) is 132 cm³/mol. The summed E-state index contributed by atoms with van der Waals surface area (Å²) in [5.41, 5.74) is 3.40. The van der Waals surface area contributed by atoms with Gasteiger partial charge in [-0.2, -0.15) is 0 Å². The van der Waals surface area contributed by atoms with Gasteiger partial charge in [-0.25, -0.2) is 9.69 Å². The molecule has 2 aromatic rings. The van der Waals surface area contributed by atoms with Crippen LogP contribution in [0.4, 0.5) is 16.2 Å². The first-order chi connectivity index (χ1) is 15.6. The second-order valence-electron chi connectivity index (χ2n) is 9.33. The number of halogens is 1. The molecule has 0 aliphatic carbocycles. The molecule has 1 saturated heterocycles. The van der Waals surface area contributed by atoms with Crippen LogP contribution in [0.1, 0.15) is 57.6 Å². The predicted octanol–water partition coefficient (Wildman–Crippen LogP) is 5.51. The fourth-order valence-electron chi connectivity index (χ4n) is 4.92. The summed E-state index contributed by atoms with van der Waals surface area (Å²) in [6.07, 6.45) is 3.61. The minimum absolute atomic E-state index is 0.0550. The summed E-state index contributed by atoms with van der Waals surface area (Å²) >= 11 is 6.03. The maximum Gasteiger partial charge on any atom is 0.335 e. The molecule has 1 N–H and O–H groups in total. The van der Waals surface area contributed by atoms with E-state index in [4.69, 9.17) is 11.6 Å². The molecule has 2 aromatic carbocycles. The molecule has 172 valence electrons. The topological polar surface area (TPSA) is 69.7 Å². The minimum Gasteiger partial charge on any atom is -0.366 e. The van der Waals surface area contributed by atoms with Gasteiger partial charge in [0.05, 0.1) is 5.69 Å². The number of anilines is 2. The van der Waals surface area contributed by atoms with Crippen LogP contribution in [0, 0.1) is 0 Å². The molecule has 0 spiro atoms. The van der Waals surface area contributed by atoms with Crippen LogP contribution in [0.25, 0.3) is 6.08 Å². The second-order valence-corrected chi connectivity index (χ2v) is 9.76. The van der Waals surface area contributed by atoms with Gasteiger partial charge in [-0.3, -0.25) is 14.9 Å². The van der Waals surface area contributed by atoms with Crippen molar-refractivity contribution >= 4 is 46.9 Å². The van der Waals surface area contributed by atoms with E-state index in [1.807, 2.05) is 12.1 Å². The molecular formula is C26H28ClN3O3. The molecule has 1 atom stereocenters. The fraction of sp³-hybridized carbons (Fsp3) is 0.346. The molecule has 33 heavy (non-hydrogen) atoms. The molecule has 0 saturated carbocycles. The van der Waals surface area contributed by atoms with Gasteiger partial charge in [0.15, 0.2) is 0 Å². The van der Waals surface area contributed by atoms with Crippen molar-refractivity contribution in [2.45, 2.75) is 52.0 Å². The van der Waals surface area contributed by atoms with E-state index in [1.54, 1.807) is 24.3 Å². The first-order valence-electron chi connectivity index (χ1n) is 11.2. The Hall–Kier alpha value is -3.12. The van der Waals surface area contributed by atoms with Crippen molar-refractivity contribution in [1.82, 2.24) is 5.32 Å². The Morgan fingerprint density at radius 3 is 2.61 bits per heavy atom. The van der Waals surface area contributed by atoms with Gasteiger partial charge in [-0.15, -0.1) is 0 Å². The van der Waals surface area contributed by atoms with E-state index in [0.29, 0.717) is 16.6 Å². The van der Waals surface area contributed by atoms with E-state index in [9.17, 15) is 14.4 Å². The number of nitrogens with one attached hydrogen (secondary N) is 1. The summed E-state index contributed by atoms with van der Waals surface area (Å²) in [6.45, 7) is 9.88. The van der Waals surface area contributed by atoms with Gasteiger partial charge < -0.3 is 4.90 Å². The normalized spacial score (nSPS) is 21.3. The van der Waals surface area contributed by atoms with Gasteiger partial charge in [-0.1, -0.05) is 37.6 Å². The van der Waals surface area contributed by atoms with E-state index < -0.39 is 17.8 Å². The number of imide groups is 2. The molecular weight excluding hydrogens is 438 g/mol. The van der Waals surface area contributed by atoms with Crippen LogP contribution in [-0.2, 0) is 9.59 Å². The van der Waals surface area contributed by atoms with E-state index in [2.05, 4.69) is 44.0 Å². The zero-order valence-corrected chi connectivity index (χ0v) is 20.1. The third-order valence-corrected chi connectivity index (χ3v) is 6.57. The van der Waals surface area contributed by atoms with E-state index in [-0.39, 0.29) is 11.1 Å². The van der Waals surface area contributed by atoms with Crippen LogP contribution in [0.2, 0.25) is 5.02 Å². The van der Waals surface area contributed by atoms with Crippen LogP contribution < -0.4 is 15.1 Å². The number of fused-ring (bicyclic) bond motifs is 1. The lowest BCUT2D eigenvalue weighted by Crippen LogP contribution is -2.54. The number of benzene rings is 2. The zero-order valence-electron chi connectivity index (χ0n) is 19.3. The number of carbonyl (C=O) groups is 3. The van der Waals surface area contributed by atoms with Crippen LogP contribution in [0.5, 0.6) is 0 Å². The summed E-state index contributed by atoms with van der Waals surface area (Å²) in [5.74, 6) is -1.05. The fourth-order valence-corrected chi connectivity index (χ4v) is 5.10. The monoisotopic (exact) mass is 465 g/mol. The highest BCUT2D eigenvalue weighted by molar-refractivity contribution is 6.39. The zero-order chi connectivity index (χ0) is 23.9. The summed E-state index contributed by atoms with van der Waals surface area (Å²) in [4.78, 5) is 41.5. The van der Waals surface area contributed by atoms with Gasteiger partial charge in [0, 0.05) is 22.8 Å². The third-order valence-electron chi connectivity index (χ3n) is 6.34. The van der Waals surface area contributed by atoms with Crippen molar-refractivity contribution < 1.29 is 14.4 Å². The number of carbonyl (C=O) groups excluding carboxylic acids is 3. The Balaban J connectivity index is 1.72. The standard InChI is InChI=1S/C26H28ClN3O3/c1-5-11-29-22-10-9-17(12-20(22)16(2)15-26(29,3)4)13-21-23(31)28-25(33)30(24(21)32)19-8-6-7-18(27)14-19/h6-10,12-14,16H,5,11,15H2,1-4H3,(H,28,31,33)/b21-13-. The van der Waals surface area contributed by atoms with Crippen LogP contribution in [0.15, 0.2) is 48.0 Å². The summed E-state index contributed by atoms with van der Waals surface area (Å²) < 4.78 is 0. The van der Waals surface area contributed by atoms with E-state index >= 15 is 0 Å². The van der Waals surface area contributed by atoms with Gasteiger partial charge in [0.2, 0.25) is 0 Å². The molecule has 1 unspecified atom stereocenters. The van der Waals surface area contributed by atoms with Crippen molar-refractivity contribution in [2.24, 2.45) is 0 Å². The van der Waals surface area contributed by atoms with Crippen LogP contribution >= 0.6 is 11.6 Å². The van der Waals surface area contributed by atoms with E-state index in [0.717, 1.165) is 29.8 Å². The Kier molecular flexibility index (Phi) is 6.06. The highest BCUT2D eigenvalue weighted by Gasteiger charge is 2.38. The first-order valence-corrected chi connectivity index (χ1v) is 11.6. The number of hydrogen-bond acceptors (Lipinski definition) is 4. The van der Waals surface area contributed by atoms with Crippen molar-refractivity contribution in [3.63, 3.8) is 0 Å². The molecule has 1 fully saturated rings. The molecule has 2 aliphatic rings. The molecule has 7 heteroatoms. The average molecular weight is 466 g/mol. The molecule has 0 radical (unpaired) electrons. The lowest BCUT2D eigenvalue weighted by molar-refractivity contribution is -0.122. The minimum atomic E-state index is -0.791. The SMILES string of the molecule is CCCN1c2ccc(/C=C3/C(=O)NC(=O)N(c4cccc(Cl)c4)C3=O)cc2C(C)CC1(C)C. The Morgan fingerprint density at radius 1 is 1.15 bits per heavy atom. The smallest absolute Gasteiger partial charge is 0.335 e. The molecule has 2 heterocycles. The van der Waals surface area contributed by atoms with Crippen molar-refractivity contribution in [1.29, 1.82) is 0 Å². The van der Waals surface area contributed by atoms with Crippen molar-refractivity contribution in [3.05, 3.63) is 64.2 Å². The maximum absolute atomic E-state index is 13.2. The lowest BCUT2D eigenvalue weighted by Gasteiger charge is -2.47. The first kappa shape index (κ1) is 23.1. The number of barbiturate groups is 1. The Labute approximate surface area is 199 Å². The Bertz CT molecular complexity index is 1170. The number of hydrogen-bond donors (Lipinski definition) is 1. The summed E-state index contributed by atoms with van der Waals surface area (Å²) in [7, 11) is 0. The number of urea groups is 1.